The van der Waals surface area contributed by atoms with Crippen molar-refractivity contribution in [2.75, 3.05) is 47.5 Å². The Morgan fingerprint density at radius 1 is 0.292 bits per heavy atom. The summed E-state index contributed by atoms with van der Waals surface area (Å²) in [6.45, 7) is 4.02. The van der Waals surface area contributed by atoms with Gasteiger partial charge in [-0.1, -0.05) is 388 Å². The van der Waals surface area contributed by atoms with Gasteiger partial charge >= 0.3 is 11.9 Å². The molecule has 602 valence electrons. The third kappa shape index (κ3) is 87.8. The van der Waals surface area contributed by atoms with Crippen LogP contribution in [0, 0.1) is 0 Å². The van der Waals surface area contributed by atoms with Crippen molar-refractivity contribution >= 4 is 19.8 Å². The molecule has 2 unspecified atom stereocenters. The molecule has 9 nitrogen and oxygen atoms in total. The smallest absolute Gasteiger partial charge is 0.306 e. The Kier molecular flexibility index (Phi) is 79.8. The molecule has 106 heavy (non-hydrogen) atoms. The lowest BCUT2D eigenvalue weighted by Gasteiger charge is -2.28. The number of nitrogens with zero attached hydrogens (tertiary/aromatic N) is 1. The summed E-state index contributed by atoms with van der Waals surface area (Å²) in [6.07, 6.45) is 130. The first-order valence-corrected chi connectivity index (χ1v) is 44.6. The zero-order chi connectivity index (χ0) is 76.8. The fraction of sp³-hybridized carbons (Fsp3) is 0.646. The molecule has 0 saturated heterocycles. The number of likely N-dealkylation sites (N-methyl/N-ethyl adjacent to an activating group) is 1. The highest BCUT2D eigenvalue weighted by Crippen LogP contribution is 2.38. The second-order valence-electron chi connectivity index (χ2n) is 29.4. The van der Waals surface area contributed by atoms with Crippen molar-refractivity contribution < 1.29 is 42.1 Å². The molecule has 0 aromatic carbocycles. The number of phosphoric ester groups is 1. The molecule has 0 spiro atoms. The standard InChI is InChI=1S/C96H160NO8P/c1-6-8-10-12-14-16-18-20-22-24-26-28-30-32-34-36-38-40-42-44-46-48-50-52-54-56-58-60-62-64-66-68-70-72-74-76-78-80-82-84-86-88-95(98)102-92-94(93-104-106(100,101)103-91-90-97(3,4)5)105-96(99)89-87-85-83-81-79-77-75-73-71-69-67-65-63-61-59-57-55-53-51-49-47-45-43-41-39-37-35-33-31-29-27-25-23-21-19-17-15-13-11-9-7-2/h8-11,14-17,20-23,26-29,32-35,38-41,45,47,51,53,57,59,63,65,94H,6-7,12-13,18-19,24-25,30-31,36-37,42-44,46,48-50,52,54-56,58,60-62,64,66-93H2,1-5H3/b10-8-,11-9-,16-14-,17-15-,22-20-,23-21-,28-26-,29-27-,34-32-,35-33-,40-38-,41-39-,47-45-,53-51-,59-57-,65-63-. The Morgan fingerprint density at radius 2 is 0.509 bits per heavy atom. The van der Waals surface area contributed by atoms with Crippen molar-refractivity contribution in [3.05, 3.63) is 194 Å². The molecule has 0 rings (SSSR count). The molecule has 0 bridgehead atoms. The van der Waals surface area contributed by atoms with Gasteiger partial charge in [-0.15, -0.1) is 0 Å². The van der Waals surface area contributed by atoms with Crippen LogP contribution >= 0.6 is 7.82 Å². The van der Waals surface area contributed by atoms with Crippen molar-refractivity contribution in [3.63, 3.8) is 0 Å². The van der Waals surface area contributed by atoms with Gasteiger partial charge in [0.2, 0.25) is 0 Å². The average molecular weight is 1490 g/mol. The molecular weight excluding hydrogens is 1330 g/mol. The number of hydrogen-bond acceptors (Lipinski definition) is 8. The lowest BCUT2D eigenvalue weighted by molar-refractivity contribution is -0.870. The molecule has 0 aliphatic heterocycles. The number of ether oxygens (including phenoxy) is 2. The van der Waals surface area contributed by atoms with Gasteiger partial charge in [-0.25, -0.2) is 0 Å². The van der Waals surface area contributed by atoms with Crippen molar-refractivity contribution in [1.82, 2.24) is 0 Å². The van der Waals surface area contributed by atoms with Crippen LogP contribution in [0.15, 0.2) is 194 Å². The lowest BCUT2D eigenvalue weighted by Crippen LogP contribution is -2.37. The number of quaternary nitrogens is 1. The molecule has 0 aliphatic carbocycles. The maximum Gasteiger partial charge on any atom is 0.306 e. The summed E-state index contributed by atoms with van der Waals surface area (Å²) in [5, 5.41) is 0. The Bertz CT molecular complexity index is 2510. The summed E-state index contributed by atoms with van der Waals surface area (Å²) in [7, 11) is 1.16. The predicted octanol–water partition coefficient (Wildman–Crippen LogP) is 28.9. The van der Waals surface area contributed by atoms with Gasteiger partial charge in [-0.3, -0.25) is 14.2 Å². The molecule has 0 aliphatic rings. The molecule has 0 amide bonds. The first-order chi connectivity index (χ1) is 52.0. The summed E-state index contributed by atoms with van der Waals surface area (Å²) < 4.78 is 34.5. The van der Waals surface area contributed by atoms with Gasteiger partial charge in [0, 0.05) is 12.8 Å². The van der Waals surface area contributed by atoms with E-state index in [9.17, 15) is 19.0 Å². The number of phosphoric acid groups is 1. The molecular formula is C96H160NO8P. The van der Waals surface area contributed by atoms with Gasteiger partial charge in [-0.05, 0) is 141 Å². The van der Waals surface area contributed by atoms with E-state index >= 15 is 0 Å². The van der Waals surface area contributed by atoms with Crippen molar-refractivity contribution in [1.29, 1.82) is 0 Å². The van der Waals surface area contributed by atoms with Crippen LogP contribution in [0.1, 0.15) is 348 Å². The van der Waals surface area contributed by atoms with Crippen molar-refractivity contribution in [3.8, 4) is 0 Å². The third-order valence-electron chi connectivity index (χ3n) is 18.1. The zero-order valence-corrected chi connectivity index (χ0v) is 69.7. The molecule has 10 heteroatoms. The lowest BCUT2D eigenvalue weighted by atomic mass is 10.0. The van der Waals surface area contributed by atoms with E-state index in [4.69, 9.17) is 18.5 Å². The summed E-state index contributed by atoms with van der Waals surface area (Å²) in [4.78, 5) is 38.3. The normalized spacial score (nSPS) is 14.0. The molecule has 0 fully saturated rings. The highest BCUT2D eigenvalue weighted by molar-refractivity contribution is 7.45. The molecule has 0 radical (unpaired) electrons. The minimum atomic E-state index is -4.66. The van der Waals surface area contributed by atoms with E-state index in [2.05, 4.69) is 208 Å². The largest absolute Gasteiger partial charge is 0.756 e. The quantitative estimate of drug-likeness (QED) is 0.0195. The van der Waals surface area contributed by atoms with E-state index in [1.165, 1.54) is 167 Å². The van der Waals surface area contributed by atoms with Crippen LogP contribution in [0.2, 0.25) is 0 Å². The van der Waals surface area contributed by atoms with Crippen LogP contribution in [0.3, 0.4) is 0 Å². The van der Waals surface area contributed by atoms with Gasteiger partial charge in [0.05, 0.1) is 27.7 Å². The average Bonchev–Trinajstić information content (AvgIpc) is 0.908. The van der Waals surface area contributed by atoms with Crippen LogP contribution < -0.4 is 4.89 Å². The summed E-state index contributed by atoms with van der Waals surface area (Å²) in [5.41, 5.74) is 0. The Morgan fingerprint density at radius 3 is 0.755 bits per heavy atom. The topological polar surface area (TPSA) is 111 Å². The first-order valence-electron chi connectivity index (χ1n) is 43.1. The van der Waals surface area contributed by atoms with Gasteiger partial charge in [0.25, 0.3) is 7.82 Å². The summed E-state index contributed by atoms with van der Waals surface area (Å²) in [6, 6.07) is 0. The fourth-order valence-electron chi connectivity index (χ4n) is 11.6. The zero-order valence-electron chi connectivity index (χ0n) is 68.8. The number of esters is 2. The van der Waals surface area contributed by atoms with E-state index in [-0.39, 0.29) is 32.0 Å². The SMILES string of the molecule is CC/C=C\C/C=C\C/C=C\C/C=C\C/C=C\C/C=C\C/C=C\C/C=C\C/C=C\C/C=C\CCCCCCCCCCCCC(=O)OC(COC(=O)CCCCCCCCCCCCCCCCCCCCCCCC/C=C\C/C=C\C/C=C\C/C=C\C/C=C\C/C=C\CC)COP(=O)([O-])OCC[N+](C)(C)C. The fourth-order valence-corrected chi connectivity index (χ4v) is 12.4. The Labute approximate surface area is 653 Å². The minimum Gasteiger partial charge on any atom is -0.756 e. The van der Waals surface area contributed by atoms with E-state index in [1.54, 1.807) is 0 Å². The number of carbonyl (C=O) groups is 2. The second kappa shape index (κ2) is 83.9. The number of rotatable bonds is 78. The van der Waals surface area contributed by atoms with Crippen molar-refractivity contribution in [2.24, 2.45) is 0 Å². The maximum atomic E-state index is 12.9. The van der Waals surface area contributed by atoms with Gasteiger partial charge < -0.3 is 27.9 Å². The monoisotopic (exact) mass is 1490 g/mol. The van der Waals surface area contributed by atoms with Gasteiger partial charge in [0.15, 0.2) is 6.10 Å². The van der Waals surface area contributed by atoms with E-state index in [0.717, 1.165) is 148 Å². The molecule has 2 atom stereocenters. The number of allylic oxidation sites excluding steroid dienone is 32. The number of carbonyl (C=O) groups excluding carboxylic acids is 2. The van der Waals surface area contributed by atoms with E-state index < -0.39 is 26.5 Å². The molecule has 0 aromatic heterocycles. The van der Waals surface area contributed by atoms with Crippen molar-refractivity contribution in [2.45, 2.75) is 354 Å². The summed E-state index contributed by atoms with van der Waals surface area (Å²) >= 11 is 0. The Hall–Kier alpha value is -5.15. The molecule has 0 saturated carbocycles. The van der Waals surface area contributed by atoms with Crippen LogP contribution in [0.25, 0.3) is 0 Å². The van der Waals surface area contributed by atoms with Gasteiger partial charge in [-0.2, -0.15) is 0 Å². The summed E-state index contributed by atoms with van der Waals surface area (Å²) in [5.74, 6) is -0.836. The van der Waals surface area contributed by atoms with Crippen LogP contribution in [-0.2, 0) is 32.7 Å². The highest BCUT2D eigenvalue weighted by Gasteiger charge is 2.22. The van der Waals surface area contributed by atoms with E-state index in [0.29, 0.717) is 17.4 Å². The highest BCUT2D eigenvalue weighted by atomic mass is 31.2. The predicted molar refractivity (Wildman–Crippen MR) is 461 cm³/mol. The van der Waals surface area contributed by atoms with E-state index in [1.807, 2.05) is 21.1 Å². The number of unbranched alkanes of at least 4 members (excludes halogenated alkanes) is 32. The van der Waals surface area contributed by atoms with Crippen LogP contribution in [0.5, 0.6) is 0 Å². The first kappa shape index (κ1) is 101. The molecule has 0 aromatic rings. The van der Waals surface area contributed by atoms with Crippen LogP contribution in [0.4, 0.5) is 0 Å². The molecule has 0 heterocycles. The van der Waals surface area contributed by atoms with Gasteiger partial charge in [0.1, 0.15) is 19.8 Å². The maximum absolute atomic E-state index is 12.9. The third-order valence-corrected chi connectivity index (χ3v) is 19.1. The number of hydrogen-bond donors (Lipinski definition) is 0. The second-order valence-corrected chi connectivity index (χ2v) is 30.8. The minimum absolute atomic E-state index is 0.0380. The molecule has 0 N–H and O–H groups in total. The Balaban J connectivity index is 3.99. The van der Waals surface area contributed by atoms with Crippen LogP contribution in [-0.4, -0.2) is 70.0 Å².